The zero-order valence-corrected chi connectivity index (χ0v) is 7.59. The Kier molecular flexibility index (Phi) is 1.29. The molecule has 0 aliphatic heterocycles. The fourth-order valence-electron chi connectivity index (χ4n) is 0.945. The van der Waals surface area contributed by atoms with Crippen LogP contribution in [0.2, 0.25) is 0 Å². The average molecular weight is 168 g/mol. The maximum Gasteiger partial charge on any atom is 0.250 e. The highest BCUT2D eigenvalue weighted by Gasteiger charge is 2.13. The summed E-state index contributed by atoms with van der Waals surface area (Å²) >= 11 is 0. The highest BCUT2D eigenvalue weighted by Crippen LogP contribution is 2.19. The topological polar surface area (TPSA) is 22.0 Å². The smallest absolute Gasteiger partial charge is 0.250 e. The van der Waals surface area contributed by atoms with Crippen LogP contribution in [-0.4, -0.2) is 4.57 Å². The number of aromatic nitrogens is 1. The van der Waals surface area contributed by atoms with Crippen molar-refractivity contribution in [2.45, 2.75) is 26.2 Å². The maximum absolute atomic E-state index is 11.5. The molecule has 0 aromatic carbocycles. The Bertz CT molecular complexity index is 412. The van der Waals surface area contributed by atoms with E-state index in [1.165, 1.54) is 12.3 Å². The summed E-state index contributed by atoms with van der Waals surface area (Å²) in [7, 11) is 0. The summed E-state index contributed by atoms with van der Waals surface area (Å²) in [5.74, 6) is 0. The summed E-state index contributed by atoms with van der Waals surface area (Å²) in [5, 5.41) is 0. The number of hydrogen-bond donors (Lipinski definition) is 0. The van der Waals surface area contributed by atoms with Gasteiger partial charge in [0.1, 0.15) is 0 Å². The number of aryl methyl sites for hydroxylation is 1. The predicted molar refractivity (Wildman–Crippen MR) is 50.4 cm³/mol. The molecule has 2 nitrogen and oxygen atoms in total. The van der Waals surface area contributed by atoms with Crippen LogP contribution in [-0.2, 0) is 12.4 Å². The second-order valence-electron chi connectivity index (χ2n) is 3.87. The number of rotatable bonds is 0. The molecule has 1 aromatic rings. The van der Waals surface area contributed by atoms with Gasteiger partial charge >= 0.3 is 0 Å². The van der Waals surface area contributed by atoms with Crippen molar-refractivity contribution in [2.24, 2.45) is 6.98 Å². The molecule has 1 rings (SSSR count). The molecule has 0 bridgehead atoms. The van der Waals surface area contributed by atoms with Crippen LogP contribution in [0.5, 0.6) is 0 Å². The molecule has 0 fully saturated rings. The zero-order valence-electron chi connectivity index (χ0n) is 10.6. The van der Waals surface area contributed by atoms with Gasteiger partial charge < -0.3 is 4.57 Å². The van der Waals surface area contributed by atoms with Crippen molar-refractivity contribution in [1.29, 1.82) is 0 Å². The largest absolute Gasteiger partial charge is 0.319 e. The van der Waals surface area contributed by atoms with Gasteiger partial charge in [-0.15, -0.1) is 0 Å². The van der Waals surface area contributed by atoms with Crippen LogP contribution < -0.4 is 5.56 Å². The zero-order chi connectivity index (χ0) is 11.9. The minimum atomic E-state index is -2.40. The van der Waals surface area contributed by atoms with Gasteiger partial charge in [-0.2, -0.15) is 0 Å². The SMILES string of the molecule is [2H]C([2H])([2H])n1ccc(C(C)(C)C)cc1=O. The van der Waals surface area contributed by atoms with Gasteiger partial charge in [-0.25, -0.2) is 0 Å². The van der Waals surface area contributed by atoms with E-state index >= 15 is 0 Å². The molecule has 66 valence electrons. The first-order valence-corrected chi connectivity index (χ1v) is 3.86. The molecule has 0 aliphatic carbocycles. The fourth-order valence-corrected chi connectivity index (χ4v) is 0.945. The van der Waals surface area contributed by atoms with Crippen molar-refractivity contribution in [3.63, 3.8) is 0 Å². The third-order valence-electron chi connectivity index (χ3n) is 1.79. The minimum Gasteiger partial charge on any atom is -0.319 e. The van der Waals surface area contributed by atoms with Gasteiger partial charge in [-0.3, -0.25) is 4.79 Å². The average Bonchev–Trinajstić information content (AvgIpc) is 1.99. The summed E-state index contributed by atoms with van der Waals surface area (Å²) in [5.41, 5.74) is 0.211. The Labute approximate surface area is 77.1 Å². The lowest BCUT2D eigenvalue weighted by molar-refractivity contribution is 0.585. The Morgan fingerprint density at radius 1 is 1.50 bits per heavy atom. The summed E-state index contributed by atoms with van der Waals surface area (Å²) in [4.78, 5) is 11.5. The van der Waals surface area contributed by atoms with E-state index in [4.69, 9.17) is 4.11 Å². The lowest BCUT2D eigenvalue weighted by atomic mass is 9.88. The Balaban J connectivity index is 3.28. The first-order valence-electron chi connectivity index (χ1n) is 5.36. The van der Waals surface area contributed by atoms with Crippen LogP contribution in [0.4, 0.5) is 0 Å². The molecule has 12 heavy (non-hydrogen) atoms. The van der Waals surface area contributed by atoms with Gasteiger partial charge in [0.15, 0.2) is 0 Å². The highest BCUT2D eigenvalue weighted by atomic mass is 16.1. The Morgan fingerprint density at radius 3 is 2.58 bits per heavy atom. The van der Waals surface area contributed by atoms with E-state index < -0.39 is 12.5 Å². The second kappa shape index (κ2) is 2.77. The molecule has 0 atom stereocenters. The summed E-state index contributed by atoms with van der Waals surface area (Å²) in [6.45, 7) is 3.53. The molecule has 0 radical (unpaired) electrons. The monoisotopic (exact) mass is 168 g/mol. The third kappa shape index (κ3) is 1.76. The van der Waals surface area contributed by atoms with Crippen molar-refractivity contribution < 1.29 is 4.11 Å². The first kappa shape index (κ1) is 5.57. The standard InChI is InChI=1S/C10H15NO/c1-10(2,3)8-5-6-11(4)9(12)7-8/h5-7H,1-4H3/i4D3. The minimum absolute atomic E-state index is 0.146. The van der Waals surface area contributed by atoms with Gasteiger partial charge in [0.25, 0.3) is 5.56 Å². The summed E-state index contributed by atoms with van der Waals surface area (Å²) < 4.78 is 22.2. The maximum atomic E-state index is 11.5. The highest BCUT2D eigenvalue weighted by molar-refractivity contribution is 5.19. The number of pyridine rings is 1. The van der Waals surface area contributed by atoms with Gasteiger partial charge in [-0.1, -0.05) is 20.8 Å². The molecule has 1 aromatic heterocycles. The van der Waals surface area contributed by atoms with Crippen LogP contribution in [0.15, 0.2) is 23.1 Å². The van der Waals surface area contributed by atoms with Crippen molar-refractivity contribution >= 4 is 0 Å². The summed E-state index contributed by atoms with van der Waals surface area (Å²) in [6, 6.07) is 3.06. The molecule has 0 saturated heterocycles. The molecule has 0 saturated carbocycles. The molecule has 1 heterocycles. The van der Waals surface area contributed by atoms with Crippen molar-refractivity contribution in [3.8, 4) is 0 Å². The van der Waals surface area contributed by atoms with Crippen LogP contribution in [0, 0.1) is 0 Å². The lowest BCUT2D eigenvalue weighted by Crippen LogP contribution is -2.20. The van der Waals surface area contributed by atoms with E-state index in [0.717, 1.165) is 10.1 Å². The normalized spacial score (nSPS) is 16.4. The van der Waals surface area contributed by atoms with Gasteiger partial charge in [0.2, 0.25) is 0 Å². The molecule has 0 unspecified atom stereocenters. The number of nitrogens with zero attached hydrogens (tertiary/aromatic N) is 1. The molecular weight excluding hydrogens is 150 g/mol. The van der Waals surface area contributed by atoms with E-state index in [2.05, 4.69) is 0 Å². The van der Waals surface area contributed by atoms with E-state index in [9.17, 15) is 4.79 Å². The lowest BCUT2D eigenvalue weighted by Gasteiger charge is -2.18. The quantitative estimate of drug-likeness (QED) is 0.577. The molecule has 0 amide bonds. The molecule has 2 heteroatoms. The Hall–Kier alpha value is -1.05. The van der Waals surface area contributed by atoms with Gasteiger partial charge in [0.05, 0.1) is 0 Å². The van der Waals surface area contributed by atoms with E-state index in [-0.39, 0.29) is 5.41 Å². The molecular formula is C10H15NO. The van der Waals surface area contributed by atoms with E-state index in [1.54, 1.807) is 6.07 Å². The van der Waals surface area contributed by atoms with Gasteiger partial charge in [-0.05, 0) is 17.0 Å². The van der Waals surface area contributed by atoms with Crippen LogP contribution in [0.3, 0.4) is 0 Å². The molecule has 0 spiro atoms. The molecule has 0 aliphatic rings. The van der Waals surface area contributed by atoms with Crippen molar-refractivity contribution in [2.75, 3.05) is 0 Å². The van der Waals surface area contributed by atoms with Crippen molar-refractivity contribution in [3.05, 3.63) is 34.2 Å². The van der Waals surface area contributed by atoms with E-state index in [1.807, 2.05) is 20.8 Å². The summed E-state index contributed by atoms with van der Waals surface area (Å²) in [6.07, 6.45) is 1.33. The number of hydrogen-bond acceptors (Lipinski definition) is 1. The predicted octanol–water partition coefficient (Wildman–Crippen LogP) is 1.68. The third-order valence-corrected chi connectivity index (χ3v) is 1.79. The van der Waals surface area contributed by atoms with Crippen LogP contribution >= 0.6 is 0 Å². The van der Waals surface area contributed by atoms with Gasteiger partial charge in [0, 0.05) is 23.4 Å². The second-order valence-corrected chi connectivity index (χ2v) is 3.87. The fraction of sp³-hybridized carbons (Fsp3) is 0.500. The van der Waals surface area contributed by atoms with Crippen molar-refractivity contribution in [1.82, 2.24) is 4.57 Å². The Morgan fingerprint density at radius 2 is 2.17 bits per heavy atom. The molecule has 0 N–H and O–H groups in total. The van der Waals surface area contributed by atoms with Crippen LogP contribution in [0.1, 0.15) is 30.4 Å². The van der Waals surface area contributed by atoms with E-state index in [0.29, 0.717) is 0 Å². The van der Waals surface area contributed by atoms with Crippen LogP contribution in [0.25, 0.3) is 0 Å². The first-order chi connectivity index (χ1) is 6.62.